The molecular formula is C22H26O4. The Morgan fingerprint density at radius 2 is 1.96 bits per heavy atom. The van der Waals surface area contributed by atoms with Crippen LogP contribution in [0.5, 0.6) is 5.75 Å². The summed E-state index contributed by atoms with van der Waals surface area (Å²) in [5, 5.41) is 18.2. The van der Waals surface area contributed by atoms with Crippen LogP contribution in [0.4, 0.5) is 0 Å². The van der Waals surface area contributed by atoms with E-state index in [0.717, 1.165) is 37.0 Å². The Kier molecular flexibility index (Phi) is 5.80. The Balaban J connectivity index is 1.60. The van der Waals surface area contributed by atoms with Gasteiger partial charge in [0.2, 0.25) is 0 Å². The molecule has 1 saturated carbocycles. The van der Waals surface area contributed by atoms with E-state index in [-0.39, 0.29) is 17.8 Å². The molecule has 138 valence electrons. The number of terminal acetylenes is 1. The van der Waals surface area contributed by atoms with Gasteiger partial charge in [0, 0.05) is 25.2 Å². The standard InChI is InChI=1S/C22H26O4/c1-2-17(12-21(24)25)18-5-7-20(8-6-18)26-15-16-4-3-10-22(13-16)11-9-19(23)14-22/h1,5-8,13,17,21,24-25H,3-4,9-12,14-15H2/t17-,22+/m0/s1. The highest BCUT2D eigenvalue weighted by atomic mass is 16.5. The summed E-state index contributed by atoms with van der Waals surface area (Å²) in [6.07, 6.45) is 12.1. The van der Waals surface area contributed by atoms with Crippen LogP contribution in [0.15, 0.2) is 35.9 Å². The third kappa shape index (κ3) is 4.55. The number of ether oxygens (including phenoxy) is 1. The molecule has 2 aliphatic rings. The van der Waals surface area contributed by atoms with Crippen LogP contribution >= 0.6 is 0 Å². The lowest BCUT2D eigenvalue weighted by molar-refractivity contribution is -0.117. The van der Waals surface area contributed by atoms with Gasteiger partial charge in [0.15, 0.2) is 6.29 Å². The molecular weight excluding hydrogens is 328 g/mol. The molecule has 2 N–H and O–H groups in total. The van der Waals surface area contributed by atoms with Crippen LogP contribution in [0.25, 0.3) is 0 Å². The second-order valence-corrected chi connectivity index (χ2v) is 7.53. The molecule has 0 aromatic heterocycles. The van der Waals surface area contributed by atoms with Crippen molar-refractivity contribution in [3.8, 4) is 18.1 Å². The fraction of sp³-hybridized carbons (Fsp3) is 0.500. The Labute approximate surface area is 154 Å². The Morgan fingerprint density at radius 1 is 1.19 bits per heavy atom. The Bertz CT molecular complexity index is 711. The quantitative estimate of drug-likeness (QED) is 0.467. The first-order valence-electron chi connectivity index (χ1n) is 9.27. The molecule has 1 aromatic carbocycles. The molecule has 0 unspecified atom stereocenters. The SMILES string of the molecule is C#C[C@@H](CC(O)O)c1ccc(OCC2=C[C@@]3(CCC2)CCC(=O)C3)cc1. The number of ketones is 1. The van der Waals surface area contributed by atoms with Crippen molar-refractivity contribution in [2.45, 2.75) is 57.2 Å². The third-order valence-electron chi connectivity index (χ3n) is 5.49. The van der Waals surface area contributed by atoms with Crippen molar-refractivity contribution in [3.63, 3.8) is 0 Å². The number of aliphatic hydroxyl groups excluding tert-OH is 1. The maximum absolute atomic E-state index is 11.7. The summed E-state index contributed by atoms with van der Waals surface area (Å²) in [7, 11) is 0. The van der Waals surface area contributed by atoms with Crippen LogP contribution < -0.4 is 4.74 Å². The zero-order valence-electron chi connectivity index (χ0n) is 15.0. The van der Waals surface area contributed by atoms with Gasteiger partial charge in [-0.15, -0.1) is 6.42 Å². The van der Waals surface area contributed by atoms with Gasteiger partial charge in [-0.2, -0.15) is 0 Å². The van der Waals surface area contributed by atoms with E-state index in [2.05, 4.69) is 12.0 Å². The van der Waals surface area contributed by atoms with E-state index in [1.807, 2.05) is 24.3 Å². The van der Waals surface area contributed by atoms with Gasteiger partial charge >= 0.3 is 0 Å². The van der Waals surface area contributed by atoms with Crippen molar-refractivity contribution in [1.29, 1.82) is 0 Å². The van der Waals surface area contributed by atoms with Crippen molar-refractivity contribution in [3.05, 3.63) is 41.5 Å². The number of aliphatic hydroxyl groups is 2. The number of hydrogen-bond acceptors (Lipinski definition) is 4. The summed E-state index contributed by atoms with van der Waals surface area (Å²) >= 11 is 0. The van der Waals surface area contributed by atoms with E-state index in [0.29, 0.717) is 25.2 Å². The number of hydrogen-bond donors (Lipinski definition) is 2. The minimum atomic E-state index is -1.42. The zero-order valence-corrected chi connectivity index (χ0v) is 15.0. The molecule has 0 heterocycles. The summed E-state index contributed by atoms with van der Waals surface area (Å²) in [5.74, 6) is 3.40. The molecule has 26 heavy (non-hydrogen) atoms. The maximum Gasteiger partial charge on any atom is 0.152 e. The second-order valence-electron chi connectivity index (χ2n) is 7.53. The number of Topliss-reactive ketones (excluding diaryl/α,β-unsaturated/α-hetero) is 1. The lowest BCUT2D eigenvalue weighted by Gasteiger charge is -2.30. The minimum Gasteiger partial charge on any atom is -0.489 e. The minimum absolute atomic E-state index is 0.0863. The summed E-state index contributed by atoms with van der Waals surface area (Å²) in [6, 6.07) is 7.46. The van der Waals surface area contributed by atoms with E-state index in [1.165, 1.54) is 5.57 Å². The van der Waals surface area contributed by atoms with Crippen LogP contribution in [0.3, 0.4) is 0 Å². The first-order chi connectivity index (χ1) is 12.5. The number of benzene rings is 1. The number of carbonyl (C=O) groups is 1. The zero-order chi connectivity index (χ0) is 18.6. The van der Waals surface area contributed by atoms with E-state index in [4.69, 9.17) is 21.4 Å². The average Bonchev–Trinajstić information content (AvgIpc) is 2.98. The molecule has 0 aliphatic heterocycles. The van der Waals surface area contributed by atoms with Crippen LogP contribution in [0.2, 0.25) is 0 Å². The number of rotatable bonds is 6. The second kappa shape index (κ2) is 8.07. The Hall–Kier alpha value is -2.09. The van der Waals surface area contributed by atoms with E-state index in [1.54, 1.807) is 0 Å². The van der Waals surface area contributed by atoms with Crippen molar-refractivity contribution < 1.29 is 19.7 Å². The first kappa shape index (κ1) is 18.7. The molecule has 1 fully saturated rings. The monoisotopic (exact) mass is 354 g/mol. The fourth-order valence-electron chi connectivity index (χ4n) is 4.14. The molecule has 0 bridgehead atoms. The molecule has 1 spiro atoms. The van der Waals surface area contributed by atoms with Crippen LogP contribution in [-0.4, -0.2) is 28.9 Å². The molecule has 1 aromatic rings. The molecule has 4 heteroatoms. The highest BCUT2D eigenvalue weighted by Gasteiger charge is 2.38. The van der Waals surface area contributed by atoms with E-state index in [9.17, 15) is 4.79 Å². The van der Waals surface area contributed by atoms with Gasteiger partial charge in [-0.05, 0) is 54.4 Å². The number of carbonyl (C=O) groups excluding carboxylic acids is 1. The van der Waals surface area contributed by atoms with Gasteiger partial charge in [0.1, 0.15) is 18.1 Å². The molecule has 0 amide bonds. The average molecular weight is 354 g/mol. The van der Waals surface area contributed by atoms with Gasteiger partial charge in [0.25, 0.3) is 0 Å². The van der Waals surface area contributed by atoms with Gasteiger partial charge < -0.3 is 14.9 Å². The molecule has 2 aliphatic carbocycles. The van der Waals surface area contributed by atoms with Crippen LogP contribution in [0, 0.1) is 17.8 Å². The normalized spacial score (nSPS) is 23.8. The molecule has 0 radical (unpaired) electrons. The van der Waals surface area contributed by atoms with Crippen molar-refractivity contribution >= 4 is 5.78 Å². The molecule has 0 saturated heterocycles. The van der Waals surface area contributed by atoms with Gasteiger partial charge in [-0.25, -0.2) is 0 Å². The van der Waals surface area contributed by atoms with Gasteiger partial charge in [-0.3, -0.25) is 4.79 Å². The maximum atomic E-state index is 11.7. The predicted octanol–water partition coefficient (Wildman–Crippen LogP) is 3.33. The molecule has 2 atom stereocenters. The lowest BCUT2D eigenvalue weighted by atomic mass is 9.75. The first-order valence-corrected chi connectivity index (χ1v) is 9.27. The van der Waals surface area contributed by atoms with E-state index >= 15 is 0 Å². The molecule has 3 rings (SSSR count). The largest absolute Gasteiger partial charge is 0.489 e. The molecule has 4 nitrogen and oxygen atoms in total. The Morgan fingerprint density at radius 3 is 2.58 bits per heavy atom. The highest BCUT2D eigenvalue weighted by molar-refractivity contribution is 5.82. The van der Waals surface area contributed by atoms with Gasteiger partial charge in [-0.1, -0.05) is 24.1 Å². The summed E-state index contributed by atoms with van der Waals surface area (Å²) in [6.45, 7) is 0.545. The van der Waals surface area contributed by atoms with Crippen LogP contribution in [-0.2, 0) is 4.79 Å². The van der Waals surface area contributed by atoms with Crippen molar-refractivity contribution in [1.82, 2.24) is 0 Å². The fourth-order valence-corrected chi connectivity index (χ4v) is 4.14. The third-order valence-corrected chi connectivity index (χ3v) is 5.49. The summed E-state index contributed by atoms with van der Waals surface area (Å²) in [4.78, 5) is 11.7. The van der Waals surface area contributed by atoms with Crippen molar-refractivity contribution in [2.24, 2.45) is 5.41 Å². The van der Waals surface area contributed by atoms with E-state index < -0.39 is 6.29 Å². The summed E-state index contributed by atoms with van der Waals surface area (Å²) < 4.78 is 5.92. The van der Waals surface area contributed by atoms with Gasteiger partial charge in [0.05, 0.1) is 0 Å². The number of allylic oxidation sites excluding steroid dienone is 1. The smallest absolute Gasteiger partial charge is 0.152 e. The van der Waals surface area contributed by atoms with Crippen LogP contribution in [0.1, 0.15) is 56.4 Å². The van der Waals surface area contributed by atoms with Crippen molar-refractivity contribution in [2.75, 3.05) is 6.61 Å². The predicted molar refractivity (Wildman–Crippen MR) is 99.6 cm³/mol. The topological polar surface area (TPSA) is 66.8 Å². The summed E-state index contributed by atoms with van der Waals surface area (Å²) in [5.41, 5.74) is 2.23. The lowest BCUT2D eigenvalue weighted by Crippen LogP contribution is -2.20. The highest BCUT2D eigenvalue weighted by Crippen LogP contribution is 2.45.